The molecule has 1 aliphatic heterocycles. The molecule has 1 aromatic rings. The van der Waals surface area contributed by atoms with Gasteiger partial charge in [0.05, 0.1) is 6.42 Å². The van der Waals surface area contributed by atoms with Crippen LogP contribution in [0.1, 0.15) is 31.2 Å². The van der Waals surface area contributed by atoms with Crippen LogP contribution in [0.25, 0.3) is 0 Å². The number of rotatable bonds is 3. The SMILES string of the molecule is Cl.Cl.Nc1ccc(CC(=O)N2CCN(C3CC4CCC3C4)CC2)cc1. The van der Waals surface area contributed by atoms with Gasteiger partial charge in [-0.05, 0) is 48.8 Å². The van der Waals surface area contributed by atoms with Crippen molar-refractivity contribution in [2.75, 3.05) is 31.9 Å². The molecule has 1 heterocycles. The van der Waals surface area contributed by atoms with Crippen LogP contribution < -0.4 is 5.73 Å². The molecule has 4 nitrogen and oxygen atoms in total. The molecular formula is C19H29Cl2N3O. The summed E-state index contributed by atoms with van der Waals surface area (Å²) in [6.45, 7) is 3.89. The molecule has 2 aliphatic carbocycles. The van der Waals surface area contributed by atoms with Crippen molar-refractivity contribution in [3.63, 3.8) is 0 Å². The van der Waals surface area contributed by atoms with Crippen LogP contribution >= 0.6 is 24.8 Å². The highest BCUT2D eigenvalue weighted by molar-refractivity contribution is 5.85. The number of piperazine rings is 1. The Morgan fingerprint density at radius 2 is 1.68 bits per heavy atom. The standard InChI is InChI=1S/C19H27N3O.2ClH/c20-17-5-2-14(3-6-17)13-19(23)22-9-7-21(8-10-22)18-12-15-1-4-16(18)11-15;;/h2-3,5-6,15-16,18H,1,4,7-13,20H2;2*1H. The van der Waals surface area contributed by atoms with Gasteiger partial charge in [0.2, 0.25) is 5.91 Å². The van der Waals surface area contributed by atoms with E-state index in [0.717, 1.165) is 55.3 Å². The summed E-state index contributed by atoms with van der Waals surface area (Å²) in [6, 6.07) is 8.46. The molecule has 0 radical (unpaired) electrons. The first kappa shape index (κ1) is 20.3. The zero-order valence-corrected chi connectivity index (χ0v) is 16.2. The number of nitrogens with zero attached hydrogens (tertiary/aromatic N) is 2. The second-order valence-corrected chi connectivity index (χ2v) is 7.58. The topological polar surface area (TPSA) is 49.6 Å². The van der Waals surface area contributed by atoms with E-state index in [1.54, 1.807) is 0 Å². The van der Waals surface area contributed by atoms with Crippen LogP contribution in [0, 0.1) is 11.8 Å². The molecule has 2 saturated carbocycles. The number of fused-ring (bicyclic) bond motifs is 2. The predicted octanol–water partition coefficient (Wildman–Crippen LogP) is 2.99. The van der Waals surface area contributed by atoms with Gasteiger partial charge in [-0.15, -0.1) is 24.8 Å². The van der Waals surface area contributed by atoms with Gasteiger partial charge in [-0.25, -0.2) is 0 Å². The lowest BCUT2D eigenvalue weighted by molar-refractivity contribution is -0.132. The van der Waals surface area contributed by atoms with Crippen molar-refractivity contribution in [3.05, 3.63) is 29.8 Å². The minimum Gasteiger partial charge on any atom is -0.399 e. The monoisotopic (exact) mass is 385 g/mol. The van der Waals surface area contributed by atoms with Crippen molar-refractivity contribution >= 4 is 36.4 Å². The summed E-state index contributed by atoms with van der Waals surface area (Å²) in [5.41, 5.74) is 7.51. The van der Waals surface area contributed by atoms with Crippen LogP contribution in [-0.4, -0.2) is 47.9 Å². The molecule has 3 fully saturated rings. The van der Waals surface area contributed by atoms with Crippen LogP contribution in [0.15, 0.2) is 24.3 Å². The van der Waals surface area contributed by atoms with E-state index >= 15 is 0 Å². The summed E-state index contributed by atoms with van der Waals surface area (Å²) in [6.07, 6.45) is 6.26. The average molecular weight is 386 g/mol. The molecule has 1 aromatic carbocycles. The van der Waals surface area contributed by atoms with Crippen LogP contribution in [0.3, 0.4) is 0 Å². The molecular weight excluding hydrogens is 357 g/mol. The lowest BCUT2D eigenvalue weighted by Crippen LogP contribution is -2.53. The highest BCUT2D eigenvalue weighted by atomic mass is 35.5. The fourth-order valence-electron chi connectivity index (χ4n) is 4.88. The molecule has 0 spiro atoms. The number of carbonyl (C=O) groups excluding carboxylic acids is 1. The van der Waals surface area contributed by atoms with Crippen molar-refractivity contribution in [3.8, 4) is 0 Å². The minimum atomic E-state index is 0. The number of hydrogen-bond acceptors (Lipinski definition) is 3. The second-order valence-electron chi connectivity index (χ2n) is 7.58. The lowest BCUT2D eigenvalue weighted by atomic mass is 9.93. The van der Waals surface area contributed by atoms with Gasteiger partial charge in [-0.1, -0.05) is 18.6 Å². The normalized spacial score (nSPS) is 28.3. The number of hydrogen-bond donors (Lipinski definition) is 1. The molecule has 4 rings (SSSR count). The molecule has 3 unspecified atom stereocenters. The first-order chi connectivity index (χ1) is 11.2. The van der Waals surface area contributed by atoms with Crippen LogP contribution in [0.4, 0.5) is 5.69 Å². The number of halogens is 2. The molecule has 0 aromatic heterocycles. The average Bonchev–Trinajstić information content (AvgIpc) is 3.20. The third-order valence-corrected chi connectivity index (χ3v) is 6.17. The van der Waals surface area contributed by atoms with E-state index in [-0.39, 0.29) is 30.7 Å². The highest BCUT2D eigenvalue weighted by Crippen LogP contribution is 2.46. The smallest absolute Gasteiger partial charge is 0.227 e. The zero-order chi connectivity index (χ0) is 15.8. The fraction of sp³-hybridized carbons (Fsp3) is 0.632. The number of anilines is 1. The van der Waals surface area contributed by atoms with Gasteiger partial charge >= 0.3 is 0 Å². The maximum Gasteiger partial charge on any atom is 0.227 e. The van der Waals surface area contributed by atoms with Gasteiger partial charge in [0.1, 0.15) is 0 Å². The summed E-state index contributed by atoms with van der Waals surface area (Å²) in [5, 5.41) is 0. The molecule has 25 heavy (non-hydrogen) atoms. The van der Waals surface area contributed by atoms with Crippen molar-refractivity contribution in [2.45, 2.75) is 38.1 Å². The fourth-order valence-corrected chi connectivity index (χ4v) is 4.88. The van der Waals surface area contributed by atoms with Gasteiger partial charge in [0.25, 0.3) is 0 Å². The Labute approximate surface area is 162 Å². The minimum absolute atomic E-state index is 0. The first-order valence-corrected chi connectivity index (χ1v) is 9.05. The summed E-state index contributed by atoms with van der Waals surface area (Å²) in [4.78, 5) is 17.2. The van der Waals surface area contributed by atoms with E-state index in [4.69, 9.17) is 5.73 Å². The largest absolute Gasteiger partial charge is 0.399 e. The molecule has 6 heteroatoms. The second kappa shape index (κ2) is 8.61. The summed E-state index contributed by atoms with van der Waals surface area (Å²) in [7, 11) is 0. The molecule has 2 bridgehead atoms. The summed E-state index contributed by atoms with van der Waals surface area (Å²) in [5.74, 6) is 2.19. The Morgan fingerprint density at radius 1 is 1.00 bits per heavy atom. The third kappa shape index (κ3) is 4.42. The van der Waals surface area contributed by atoms with E-state index in [1.165, 1.54) is 25.7 Å². The lowest BCUT2D eigenvalue weighted by Gasteiger charge is -2.41. The van der Waals surface area contributed by atoms with Crippen molar-refractivity contribution < 1.29 is 4.79 Å². The van der Waals surface area contributed by atoms with Crippen LogP contribution in [0.2, 0.25) is 0 Å². The van der Waals surface area contributed by atoms with Crippen LogP contribution in [0.5, 0.6) is 0 Å². The summed E-state index contributed by atoms with van der Waals surface area (Å²) >= 11 is 0. The Kier molecular flexibility index (Phi) is 7.01. The number of carbonyl (C=O) groups is 1. The van der Waals surface area contributed by atoms with Crippen molar-refractivity contribution in [2.24, 2.45) is 11.8 Å². The maximum absolute atomic E-state index is 12.5. The van der Waals surface area contributed by atoms with E-state index in [0.29, 0.717) is 6.42 Å². The molecule has 140 valence electrons. The quantitative estimate of drug-likeness (QED) is 0.813. The third-order valence-electron chi connectivity index (χ3n) is 6.17. The van der Waals surface area contributed by atoms with Crippen molar-refractivity contribution in [1.82, 2.24) is 9.80 Å². The zero-order valence-electron chi connectivity index (χ0n) is 14.6. The van der Waals surface area contributed by atoms with Gasteiger partial charge < -0.3 is 10.6 Å². The molecule has 2 N–H and O–H groups in total. The van der Waals surface area contributed by atoms with Crippen molar-refractivity contribution in [1.29, 1.82) is 0 Å². The van der Waals surface area contributed by atoms with Gasteiger partial charge in [-0.2, -0.15) is 0 Å². The Morgan fingerprint density at radius 3 is 2.24 bits per heavy atom. The van der Waals surface area contributed by atoms with E-state index < -0.39 is 0 Å². The Balaban J connectivity index is 0.00000113. The van der Waals surface area contributed by atoms with E-state index in [1.807, 2.05) is 29.2 Å². The maximum atomic E-state index is 12.5. The molecule has 3 atom stereocenters. The predicted molar refractivity (Wildman–Crippen MR) is 106 cm³/mol. The number of benzene rings is 1. The molecule has 1 saturated heterocycles. The van der Waals surface area contributed by atoms with Crippen LogP contribution in [-0.2, 0) is 11.2 Å². The Bertz CT molecular complexity index is 573. The van der Waals surface area contributed by atoms with Gasteiger partial charge in [-0.3, -0.25) is 9.69 Å². The number of nitrogens with two attached hydrogens (primary N) is 1. The van der Waals surface area contributed by atoms with Gasteiger partial charge in [0, 0.05) is 37.9 Å². The summed E-state index contributed by atoms with van der Waals surface area (Å²) < 4.78 is 0. The van der Waals surface area contributed by atoms with E-state index in [2.05, 4.69) is 4.90 Å². The molecule has 1 amide bonds. The Hall–Kier alpha value is -0.970. The first-order valence-electron chi connectivity index (χ1n) is 9.05. The van der Waals surface area contributed by atoms with E-state index in [9.17, 15) is 4.79 Å². The molecule has 3 aliphatic rings. The highest BCUT2D eigenvalue weighted by Gasteiger charge is 2.42. The van der Waals surface area contributed by atoms with Gasteiger partial charge in [0.15, 0.2) is 0 Å². The number of nitrogen functional groups attached to an aromatic ring is 1. The number of amides is 1.